The van der Waals surface area contributed by atoms with Crippen molar-refractivity contribution in [1.29, 1.82) is 0 Å². The van der Waals surface area contributed by atoms with Crippen LogP contribution >= 0.6 is 11.6 Å². The van der Waals surface area contributed by atoms with Gasteiger partial charge >= 0.3 is 0 Å². The van der Waals surface area contributed by atoms with Crippen molar-refractivity contribution in [3.05, 3.63) is 131 Å². The SMILES string of the molecule is Cc1ccc(S(=O)(=O)N(CC(=O)N(Cc2cccc(Cl)c2)C(Cc2ccccc2)C(=O)NC(C)C)c2ccccc2)cc1. The monoisotopic (exact) mass is 617 g/mol. The second-order valence-corrected chi connectivity index (χ2v) is 13.0. The Morgan fingerprint density at radius 2 is 1.42 bits per heavy atom. The highest BCUT2D eigenvalue weighted by molar-refractivity contribution is 7.92. The number of sulfonamides is 1. The van der Waals surface area contributed by atoms with E-state index in [0.717, 1.165) is 15.4 Å². The van der Waals surface area contributed by atoms with Crippen molar-refractivity contribution in [3.63, 3.8) is 0 Å². The van der Waals surface area contributed by atoms with Crippen molar-refractivity contribution in [2.24, 2.45) is 0 Å². The number of carbonyl (C=O) groups excluding carboxylic acids is 2. The first kappa shape index (κ1) is 31.8. The van der Waals surface area contributed by atoms with Gasteiger partial charge in [0.1, 0.15) is 12.6 Å². The van der Waals surface area contributed by atoms with Crippen molar-refractivity contribution in [1.82, 2.24) is 10.2 Å². The van der Waals surface area contributed by atoms with Crippen LogP contribution in [0.15, 0.2) is 114 Å². The largest absolute Gasteiger partial charge is 0.352 e. The van der Waals surface area contributed by atoms with Gasteiger partial charge < -0.3 is 10.2 Å². The van der Waals surface area contributed by atoms with Crippen LogP contribution in [0.4, 0.5) is 5.69 Å². The number of hydrogen-bond donors (Lipinski definition) is 1. The number of rotatable bonds is 12. The molecule has 43 heavy (non-hydrogen) atoms. The summed E-state index contributed by atoms with van der Waals surface area (Å²) in [6.45, 7) is 5.12. The summed E-state index contributed by atoms with van der Waals surface area (Å²) in [7, 11) is -4.14. The van der Waals surface area contributed by atoms with Gasteiger partial charge in [0.15, 0.2) is 0 Å². The van der Waals surface area contributed by atoms with Gasteiger partial charge in [-0.25, -0.2) is 8.42 Å². The minimum absolute atomic E-state index is 0.0512. The molecule has 0 aliphatic carbocycles. The predicted molar refractivity (Wildman–Crippen MR) is 171 cm³/mol. The highest BCUT2D eigenvalue weighted by atomic mass is 35.5. The summed E-state index contributed by atoms with van der Waals surface area (Å²) in [5.41, 5.74) is 2.82. The standard InChI is InChI=1S/C34H36ClN3O4S/c1-25(2)36-34(40)32(22-27-11-6-4-7-12-27)37(23-28-13-10-14-29(35)21-28)33(39)24-38(30-15-8-5-9-16-30)43(41,42)31-19-17-26(3)18-20-31/h4-21,25,32H,22-24H2,1-3H3,(H,36,40). The van der Waals surface area contributed by atoms with Crippen molar-refractivity contribution < 1.29 is 18.0 Å². The van der Waals surface area contributed by atoms with Gasteiger partial charge in [0.05, 0.1) is 10.6 Å². The van der Waals surface area contributed by atoms with E-state index in [1.807, 2.05) is 57.2 Å². The molecule has 0 aliphatic heterocycles. The van der Waals surface area contributed by atoms with Crippen LogP contribution in [-0.2, 0) is 32.6 Å². The highest BCUT2D eigenvalue weighted by Crippen LogP contribution is 2.25. The maximum Gasteiger partial charge on any atom is 0.264 e. The third-order valence-corrected chi connectivity index (χ3v) is 8.90. The van der Waals surface area contributed by atoms with Crippen LogP contribution in [0.3, 0.4) is 0 Å². The molecule has 0 heterocycles. The maximum atomic E-state index is 14.4. The Morgan fingerprint density at radius 3 is 2.02 bits per heavy atom. The molecule has 224 valence electrons. The molecule has 4 aromatic carbocycles. The summed E-state index contributed by atoms with van der Waals surface area (Å²) in [6, 6.07) is 30.4. The van der Waals surface area contributed by atoms with E-state index in [9.17, 15) is 18.0 Å². The Balaban J connectivity index is 1.79. The van der Waals surface area contributed by atoms with E-state index in [2.05, 4.69) is 5.32 Å². The predicted octanol–water partition coefficient (Wildman–Crippen LogP) is 6.01. The lowest BCUT2D eigenvalue weighted by atomic mass is 10.0. The van der Waals surface area contributed by atoms with E-state index < -0.39 is 28.5 Å². The lowest BCUT2D eigenvalue weighted by molar-refractivity contribution is -0.140. The van der Waals surface area contributed by atoms with E-state index in [4.69, 9.17) is 11.6 Å². The number of benzene rings is 4. The Morgan fingerprint density at radius 1 is 0.814 bits per heavy atom. The lowest BCUT2D eigenvalue weighted by Gasteiger charge is -2.34. The van der Waals surface area contributed by atoms with Crippen LogP contribution in [0.1, 0.15) is 30.5 Å². The van der Waals surface area contributed by atoms with Crippen LogP contribution in [0.5, 0.6) is 0 Å². The fraction of sp³-hybridized carbons (Fsp3) is 0.235. The molecule has 1 N–H and O–H groups in total. The van der Waals surface area contributed by atoms with Crippen LogP contribution in [0.2, 0.25) is 5.02 Å². The van der Waals surface area contributed by atoms with Crippen molar-refractivity contribution in [2.45, 2.75) is 50.7 Å². The van der Waals surface area contributed by atoms with Gasteiger partial charge in [0, 0.05) is 24.0 Å². The number of hydrogen-bond acceptors (Lipinski definition) is 4. The first-order valence-electron chi connectivity index (χ1n) is 14.1. The van der Waals surface area contributed by atoms with Crippen molar-refractivity contribution in [3.8, 4) is 0 Å². The Hall–Kier alpha value is -4.14. The summed E-state index contributed by atoms with van der Waals surface area (Å²) >= 11 is 6.28. The van der Waals surface area contributed by atoms with Gasteiger partial charge in [-0.05, 0) is 68.3 Å². The molecule has 9 heteroatoms. The van der Waals surface area contributed by atoms with Crippen LogP contribution in [0.25, 0.3) is 0 Å². The molecule has 0 aromatic heterocycles. The number of carbonyl (C=O) groups is 2. The van der Waals surface area contributed by atoms with Gasteiger partial charge in [0.2, 0.25) is 11.8 Å². The van der Waals surface area contributed by atoms with E-state index in [1.165, 1.54) is 17.0 Å². The topological polar surface area (TPSA) is 86.8 Å². The summed E-state index contributed by atoms with van der Waals surface area (Å²) in [6.07, 6.45) is 0.238. The normalized spacial score (nSPS) is 12.0. The summed E-state index contributed by atoms with van der Waals surface area (Å²) in [5.74, 6) is -0.860. The molecule has 1 unspecified atom stereocenters. The van der Waals surface area contributed by atoms with E-state index in [0.29, 0.717) is 16.3 Å². The van der Waals surface area contributed by atoms with E-state index in [-0.39, 0.29) is 29.8 Å². The minimum Gasteiger partial charge on any atom is -0.352 e. The second kappa shape index (κ2) is 14.4. The first-order chi connectivity index (χ1) is 20.5. The zero-order valence-electron chi connectivity index (χ0n) is 24.5. The molecule has 0 bridgehead atoms. The summed E-state index contributed by atoms with van der Waals surface area (Å²) in [5, 5.41) is 3.44. The zero-order chi connectivity index (χ0) is 31.0. The molecular formula is C34H36ClN3O4S. The van der Waals surface area contributed by atoms with Crippen LogP contribution in [-0.4, -0.2) is 43.8 Å². The number of nitrogens with zero attached hydrogens (tertiary/aromatic N) is 2. The maximum absolute atomic E-state index is 14.4. The molecule has 0 saturated carbocycles. The van der Waals surface area contributed by atoms with Crippen molar-refractivity contribution in [2.75, 3.05) is 10.8 Å². The van der Waals surface area contributed by atoms with Gasteiger partial charge in [-0.2, -0.15) is 0 Å². The Kier molecular flexibility index (Phi) is 10.6. The number of aryl methyl sites for hydroxylation is 1. The van der Waals surface area contributed by atoms with Gasteiger partial charge in [-0.15, -0.1) is 0 Å². The molecule has 0 saturated heterocycles. The number of halogens is 1. The molecule has 0 fully saturated rings. The smallest absolute Gasteiger partial charge is 0.264 e. The Labute approximate surface area is 259 Å². The summed E-state index contributed by atoms with van der Waals surface area (Å²) < 4.78 is 29.1. The quantitative estimate of drug-likeness (QED) is 0.211. The lowest BCUT2D eigenvalue weighted by Crippen LogP contribution is -2.54. The average Bonchev–Trinajstić information content (AvgIpc) is 2.98. The molecule has 0 aliphatic rings. The summed E-state index contributed by atoms with van der Waals surface area (Å²) in [4.78, 5) is 29.6. The van der Waals surface area contributed by atoms with Crippen LogP contribution < -0.4 is 9.62 Å². The minimum atomic E-state index is -4.14. The number of nitrogens with one attached hydrogen (secondary N) is 1. The molecule has 7 nitrogen and oxygen atoms in total. The van der Waals surface area contributed by atoms with Gasteiger partial charge in [-0.1, -0.05) is 90.0 Å². The molecule has 4 rings (SSSR count). The highest BCUT2D eigenvalue weighted by Gasteiger charge is 2.34. The average molecular weight is 618 g/mol. The third-order valence-electron chi connectivity index (χ3n) is 6.88. The number of anilines is 1. The molecular weight excluding hydrogens is 582 g/mol. The molecule has 2 amide bonds. The molecule has 0 radical (unpaired) electrons. The Bertz CT molecular complexity index is 1630. The molecule has 0 spiro atoms. The fourth-order valence-electron chi connectivity index (χ4n) is 4.73. The molecule has 4 aromatic rings. The molecule has 1 atom stereocenters. The van der Waals surface area contributed by atoms with Crippen molar-refractivity contribution >= 4 is 39.1 Å². The van der Waals surface area contributed by atoms with E-state index in [1.54, 1.807) is 60.7 Å². The van der Waals surface area contributed by atoms with Gasteiger partial charge in [-0.3, -0.25) is 13.9 Å². The zero-order valence-corrected chi connectivity index (χ0v) is 26.1. The van der Waals surface area contributed by atoms with E-state index >= 15 is 0 Å². The fourth-order valence-corrected chi connectivity index (χ4v) is 6.35. The van der Waals surface area contributed by atoms with Gasteiger partial charge in [0.25, 0.3) is 10.0 Å². The number of amides is 2. The first-order valence-corrected chi connectivity index (χ1v) is 15.9. The second-order valence-electron chi connectivity index (χ2n) is 10.7. The number of para-hydroxylation sites is 1. The third kappa shape index (κ3) is 8.46. The van der Waals surface area contributed by atoms with Crippen LogP contribution in [0, 0.1) is 6.92 Å².